The zero-order valence-corrected chi connectivity index (χ0v) is 8.49. The summed E-state index contributed by atoms with van der Waals surface area (Å²) in [5.74, 6) is 1.46. The first-order valence-electron chi connectivity index (χ1n) is 4.47. The van der Waals surface area contributed by atoms with E-state index in [4.69, 9.17) is 0 Å². The zero-order chi connectivity index (χ0) is 9.84. The lowest BCUT2D eigenvalue weighted by Crippen LogP contribution is -1.88. The highest BCUT2D eigenvalue weighted by atomic mass is 15.0. The Labute approximate surface area is 79.6 Å². The number of rotatable bonds is 3. The Kier molecular flexibility index (Phi) is 3.07. The van der Waals surface area contributed by atoms with Gasteiger partial charge >= 0.3 is 0 Å². The Balaban J connectivity index is 2.96. The molecule has 70 valence electrons. The average Bonchev–Trinajstić information content (AvgIpc) is 2.44. The lowest BCUT2D eigenvalue weighted by atomic mass is 10.2. The minimum Gasteiger partial charge on any atom is -0.334 e. The van der Waals surface area contributed by atoms with Crippen LogP contribution in [0.15, 0.2) is 24.9 Å². The molecule has 0 bridgehead atoms. The quantitative estimate of drug-likeness (QED) is 0.647. The third-order valence-electron chi connectivity index (χ3n) is 1.90. The van der Waals surface area contributed by atoms with E-state index in [-0.39, 0.29) is 0 Å². The normalized spacial score (nSPS) is 11.4. The standard InChI is InChI=1S/C11H16N2/c1-5-6-7-11-12-10(9(2)3)8-13(11)4/h5-9H,1H2,2-4H3/b7-6-. The van der Waals surface area contributed by atoms with E-state index < -0.39 is 0 Å². The Morgan fingerprint density at radius 3 is 2.69 bits per heavy atom. The molecular formula is C11H16N2. The number of imidazole rings is 1. The molecule has 2 nitrogen and oxygen atoms in total. The van der Waals surface area contributed by atoms with E-state index in [0.29, 0.717) is 5.92 Å². The third kappa shape index (κ3) is 2.31. The monoisotopic (exact) mass is 176 g/mol. The van der Waals surface area contributed by atoms with E-state index in [0.717, 1.165) is 11.5 Å². The van der Waals surface area contributed by atoms with Gasteiger partial charge in [0.05, 0.1) is 5.69 Å². The molecule has 13 heavy (non-hydrogen) atoms. The lowest BCUT2D eigenvalue weighted by molar-refractivity contribution is 0.829. The molecule has 0 fully saturated rings. The molecule has 1 heterocycles. The van der Waals surface area contributed by atoms with Crippen LogP contribution in [-0.2, 0) is 7.05 Å². The molecule has 0 saturated carbocycles. The maximum absolute atomic E-state index is 4.48. The molecule has 0 aromatic carbocycles. The fourth-order valence-corrected chi connectivity index (χ4v) is 1.09. The molecule has 0 unspecified atom stereocenters. The minimum absolute atomic E-state index is 0.483. The van der Waals surface area contributed by atoms with Crippen molar-refractivity contribution in [1.82, 2.24) is 9.55 Å². The van der Waals surface area contributed by atoms with Crippen LogP contribution in [0.3, 0.4) is 0 Å². The summed E-state index contributed by atoms with van der Waals surface area (Å²) in [4.78, 5) is 4.48. The minimum atomic E-state index is 0.483. The molecular weight excluding hydrogens is 160 g/mol. The van der Waals surface area contributed by atoms with E-state index in [1.807, 2.05) is 23.8 Å². The summed E-state index contributed by atoms with van der Waals surface area (Å²) in [5.41, 5.74) is 1.13. The van der Waals surface area contributed by atoms with Crippen LogP contribution < -0.4 is 0 Å². The molecule has 0 aliphatic rings. The molecule has 0 N–H and O–H groups in total. The van der Waals surface area contributed by atoms with Crippen molar-refractivity contribution in [2.24, 2.45) is 7.05 Å². The molecule has 1 rings (SSSR count). The van der Waals surface area contributed by atoms with E-state index in [9.17, 15) is 0 Å². The third-order valence-corrected chi connectivity index (χ3v) is 1.90. The van der Waals surface area contributed by atoms with Crippen LogP contribution in [0.5, 0.6) is 0 Å². The van der Waals surface area contributed by atoms with Gasteiger partial charge in [-0.15, -0.1) is 0 Å². The van der Waals surface area contributed by atoms with E-state index in [2.05, 4.69) is 31.6 Å². The molecule has 1 aromatic rings. The Morgan fingerprint density at radius 2 is 2.23 bits per heavy atom. The van der Waals surface area contributed by atoms with Gasteiger partial charge in [-0.3, -0.25) is 0 Å². The van der Waals surface area contributed by atoms with Crippen molar-refractivity contribution in [3.05, 3.63) is 36.4 Å². The van der Waals surface area contributed by atoms with Crippen LogP contribution in [0.2, 0.25) is 0 Å². The number of nitrogens with zero attached hydrogens (tertiary/aromatic N) is 2. The van der Waals surface area contributed by atoms with Gasteiger partial charge in [-0.2, -0.15) is 0 Å². The van der Waals surface area contributed by atoms with Crippen LogP contribution in [0.4, 0.5) is 0 Å². The summed E-state index contributed by atoms with van der Waals surface area (Å²) in [6.45, 7) is 7.91. The summed E-state index contributed by atoms with van der Waals surface area (Å²) in [5, 5.41) is 0. The second-order valence-electron chi connectivity index (χ2n) is 3.38. The fraction of sp³-hybridized carbons (Fsp3) is 0.364. The van der Waals surface area contributed by atoms with Gasteiger partial charge in [-0.25, -0.2) is 4.98 Å². The number of allylic oxidation sites excluding steroid dienone is 2. The lowest BCUT2D eigenvalue weighted by Gasteiger charge is -1.95. The average molecular weight is 176 g/mol. The summed E-state index contributed by atoms with van der Waals surface area (Å²) in [7, 11) is 2.00. The summed E-state index contributed by atoms with van der Waals surface area (Å²) in [6, 6.07) is 0. The van der Waals surface area contributed by atoms with E-state index in [1.165, 1.54) is 0 Å². The summed E-state index contributed by atoms with van der Waals surface area (Å²) < 4.78 is 2.02. The maximum atomic E-state index is 4.48. The molecule has 0 aliphatic heterocycles. The van der Waals surface area contributed by atoms with Crippen LogP contribution >= 0.6 is 0 Å². The Bertz CT molecular complexity index is 319. The highest BCUT2D eigenvalue weighted by Gasteiger charge is 2.05. The summed E-state index contributed by atoms with van der Waals surface area (Å²) in [6.07, 6.45) is 7.67. The van der Waals surface area contributed by atoms with Gasteiger partial charge in [0.15, 0.2) is 0 Å². The van der Waals surface area contributed by atoms with E-state index >= 15 is 0 Å². The van der Waals surface area contributed by atoms with Crippen molar-refractivity contribution in [3.8, 4) is 0 Å². The molecule has 0 saturated heterocycles. The van der Waals surface area contributed by atoms with Crippen LogP contribution in [0, 0.1) is 0 Å². The smallest absolute Gasteiger partial charge is 0.132 e. The van der Waals surface area contributed by atoms with Gasteiger partial charge in [0.1, 0.15) is 5.82 Å². The highest BCUT2D eigenvalue weighted by Crippen LogP contribution is 2.13. The van der Waals surface area contributed by atoms with Crippen LogP contribution in [-0.4, -0.2) is 9.55 Å². The molecule has 2 heteroatoms. The predicted octanol–water partition coefficient (Wildman–Crippen LogP) is 2.74. The number of hydrogen-bond donors (Lipinski definition) is 0. The van der Waals surface area contributed by atoms with Crippen molar-refractivity contribution in [2.75, 3.05) is 0 Å². The molecule has 0 aliphatic carbocycles. The number of hydrogen-bond acceptors (Lipinski definition) is 1. The first kappa shape index (κ1) is 9.78. The number of aromatic nitrogens is 2. The van der Waals surface area contributed by atoms with Crippen molar-refractivity contribution < 1.29 is 0 Å². The van der Waals surface area contributed by atoms with Crippen molar-refractivity contribution in [3.63, 3.8) is 0 Å². The van der Waals surface area contributed by atoms with Crippen molar-refractivity contribution in [1.29, 1.82) is 0 Å². The van der Waals surface area contributed by atoms with Crippen molar-refractivity contribution in [2.45, 2.75) is 19.8 Å². The zero-order valence-electron chi connectivity index (χ0n) is 8.49. The van der Waals surface area contributed by atoms with Gasteiger partial charge in [0.25, 0.3) is 0 Å². The molecule has 0 amide bonds. The van der Waals surface area contributed by atoms with Crippen molar-refractivity contribution >= 4 is 6.08 Å². The molecule has 0 spiro atoms. The van der Waals surface area contributed by atoms with Gasteiger partial charge in [0, 0.05) is 13.2 Å². The predicted molar refractivity (Wildman–Crippen MR) is 56.5 cm³/mol. The highest BCUT2D eigenvalue weighted by molar-refractivity contribution is 5.43. The maximum Gasteiger partial charge on any atom is 0.132 e. The first-order valence-corrected chi connectivity index (χ1v) is 4.47. The fourth-order valence-electron chi connectivity index (χ4n) is 1.09. The molecule has 0 atom stereocenters. The van der Waals surface area contributed by atoms with Gasteiger partial charge < -0.3 is 4.57 Å². The second-order valence-corrected chi connectivity index (χ2v) is 3.38. The molecule has 0 radical (unpaired) electrons. The van der Waals surface area contributed by atoms with Gasteiger partial charge in [-0.1, -0.05) is 32.6 Å². The van der Waals surface area contributed by atoms with E-state index in [1.54, 1.807) is 6.08 Å². The molecule has 1 aromatic heterocycles. The largest absolute Gasteiger partial charge is 0.334 e. The Morgan fingerprint density at radius 1 is 1.54 bits per heavy atom. The SMILES string of the molecule is C=C/C=C\c1nc(C(C)C)cn1C. The van der Waals surface area contributed by atoms with Gasteiger partial charge in [0.2, 0.25) is 0 Å². The van der Waals surface area contributed by atoms with Gasteiger partial charge in [-0.05, 0) is 12.0 Å². The second kappa shape index (κ2) is 4.08. The van der Waals surface area contributed by atoms with Crippen LogP contribution in [0.25, 0.3) is 6.08 Å². The summed E-state index contributed by atoms with van der Waals surface area (Å²) >= 11 is 0. The first-order chi connectivity index (χ1) is 6.15. The topological polar surface area (TPSA) is 17.8 Å². The Hall–Kier alpha value is -1.31. The van der Waals surface area contributed by atoms with Crippen LogP contribution in [0.1, 0.15) is 31.3 Å². The number of aryl methyl sites for hydroxylation is 1.